The van der Waals surface area contributed by atoms with Crippen molar-refractivity contribution in [1.82, 2.24) is 0 Å². The maximum atomic E-state index is 12.3. The van der Waals surface area contributed by atoms with E-state index >= 15 is 0 Å². The van der Waals surface area contributed by atoms with Gasteiger partial charge < -0.3 is 9.84 Å². The highest BCUT2D eigenvalue weighted by atomic mass is 32.2. The van der Waals surface area contributed by atoms with E-state index in [1.807, 2.05) is 0 Å². The van der Waals surface area contributed by atoms with Gasteiger partial charge in [0.05, 0.1) is 28.4 Å². The quantitative estimate of drug-likeness (QED) is 0.807. The number of rotatable bonds is 4. The van der Waals surface area contributed by atoms with Gasteiger partial charge in [-0.3, -0.25) is 4.79 Å². The fraction of sp³-hybridized carbons (Fsp3) is 0.111. The summed E-state index contributed by atoms with van der Waals surface area (Å²) in [5.41, 5.74) is 0.655. The molecule has 26 heavy (non-hydrogen) atoms. The molecule has 1 aliphatic heterocycles. The van der Waals surface area contributed by atoms with E-state index in [1.54, 1.807) is 36.4 Å². The van der Waals surface area contributed by atoms with Gasteiger partial charge >= 0.3 is 0 Å². The average molecular weight is 389 g/mol. The Hall–Kier alpha value is -2.58. The largest absolute Gasteiger partial charge is 0.504 e. The maximum absolute atomic E-state index is 12.3. The van der Waals surface area contributed by atoms with Gasteiger partial charge in [-0.25, -0.2) is 0 Å². The van der Waals surface area contributed by atoms with Crippen molar-refractivity contribution in [3.05, 3.63) is 59.0 Å². The molecule has 1 saturated heterocycles. The standard InChI is InChI=1S/C18H15NO5S2/c1-24-16-9-12(7-8-14(16)20)10-17-15(21)11-18(25-17)19-26(22,23)13-5-3-2-4-6-13/h2-10,20H,11H2,1H3/b17-10+,19-18-. The molecule has 0 aromatic heterocycles. The molecule has 1 heterocycles. The Morgan fingerprint density at radius 2 is 1.92 bits per heavy atom. The van der Waals surface area contributed by atoms with E-state index in [9.17, 15) is 18.3 Å². The predicted octanol–water partition coefficient (Wildman–Crippen LogP) is 3.24. The minimum absolute atomic E-state index is 0.00347. The molecule has 0 saturated carbocycles. The second kappa shape index (κ2) is 7.35. The zero-order valence-electron chi connectivity index (χ0n) is 13.7. The van der Waals surface area contributed by atoms with Crippen LogP contribution in [-0.2, 0) is 14.8 Å². The zero-order chi connectivity index (χ0) is 18.7. The minimum Gasteiger partial charge on any atom is -0.504 e. The van der Waals surface area contributed by atoms with E-state index < -0.39 is 10.0 Å². The number of Topliss-reactive ketones (excluding diaryl/α,β-unsaturated/α-hetero) is 1. The summed E-state index contributed by atoms with van der Waals surface area (Å²) in [4.78, 5) is 12.7. The number of allylic oxidation sites excluding steroid dienone is 1. The first-order valence-corrected chi connectivity index (χ1v) is 9.83. The van der Waals surface area contributed by atoms with Crippen molar-refractivity contribution in [2.75, 3.05) is 7.11 Å². The van der Waals surface area contributed by atoms with Crippen molar-refractivity contribution in [3.63, 3.8) is 0 Å². The van der Waals surface area contributed by atoms with E-state index in [4.69, 9.17) is 4.74 Å². The van der Waals surface area contributed by atoms with Gasteiger partial charge in [0.25, 0.3) is 10.0 Å². The number of carbonyl (C=O) groups excluding carboxylic acids is 1. The molecule has 6 nitrogen and oxygen atoms in total. The van der Waals surface area contributed by atoms with Crippen molar-refractivity contribution in [2.45, 2.75) is 11.3 Å². The number of aromatic hydroxyl groups is 1. The molecule has 2 aromatic carbocycles. The van der Waals surface area contributed by atoms with Gasteiger partial charge in [-0.05, 0) is 35.9 Å². The third kappa shape index (κ3) is 3.97. The number of nitrogens with zero attached hydrogens (tertiary/aromatic N) is 1. The monoisotopic (exact) mass is 389 g/mol. The smallest absolute Gasteiger partial charge is 0.283 e. The highest BCUT2D eigenvalue weighted by Crippen LogP contribution is 2.34. The molecule has 8 heteroatoms. The van der Waals surface area contributed by atoms with Crippen LogP contribution < -0.4 is 4.74 Å². The number of ether oxygens (including phenoxy) is 1. The summed E-state index contributed by atoms with van der Waals surface area (Å²) < 4.78 is 33.4. The molecular weight excluding hydrogens is 374 g/mol. The molecular formula is C18H15NO5S2. The number of methoxy groups -OCH3 is 1. The van der Waals surface area contributed by atoms with Crippen LogP contribution in [0.4, 0.5) is 0 Å². The van der Waals surface area contributed by atoms with Crippen LogP contribution in [0.2, 0.25) is 0 Å². The molecule has 2 aromatic rings. The fourth-order valence-corrected chi connectivity index (χ4v) is 4.54. The number of hydrogen-bond acceptors (Lipinski definition) is 6. The van der Waals surface area contributed by atoms with Gasteiger partial charge in [0.15, 0.2) is 17.3 Å². The SMILES string of the molecule is COc1cc(/C=C2/S/C(=N\S(=O)(=O)c3ccccc3)CC2=O)ccc1O. The lowest BCUT2D eigenvalue weighted by Gasteiger charge is -2.04. The van der Waals surface area contributed by atoms with Gasteiger partial charge in [0.1, 0.15) is 0 Å². The second-order valence-electron chi connectivity index (χ2n) is 5.42. The lowest BCUT2D eigenvalue weighted by Crippen LogP contribution is -2.00. The Morgan fingerprint density at radius 1 is 1.19 bits per heavy atom. The van der Waals surface area contributed by atoms with Crippen molar-refractivity contribution in [1.29, 1.82) is 0 Å². The van der Waals surface area contributed by atoms with E-state index in [0.717, 1.165) is 11.8 Å². The zero-order valence-corrected chi connectivity index (χ0v) is 15.4. The molecule has 0 atom stereocenters. The number of thioether (sulfide) groups is 1. The molecule has 0 aliphatic carbocycles. The Labute approximate surface area is 155 Å². The summed E-state index contributed by atoms with van der Waals surface area (Å²) in [5.74, 6) is 0.0793. The highest BCUT2D eigenvalue weighted by Gasteiger charge is 2.27. The first-order valence-electron chi connectivity index (χ1n) is 7.58. The minimum atomic E-state index is -3.85. The lowest BCUT2D eigenvalue weighted by atomic mass is 10.1. The van der Waals surface area contributed by atoms with Crippen LogP contribution in [0.1, 0.15) is 12.0 Å². The second-order valence-corrected chi connectivity index (χ2v) is 8.13. The van der Waals surface area contributed by atoms with E-state index in [-0.39, 0.29) is 33.6 Å². The summed E-state index contributed by atoms with van der Waals surface area (Å²) in [6.07, 6.45) is 1.56. The van der Waals surface area contributed by atoms with Gasteiger partial charge in [-0.15, -0.1) is 0 Å². The summed E-state index contributed by atoms with van der Waals surface area (Å²) in [7, 11) is -2.41. The molecule has 0 bridgehead atoms. The van der Waals surface area contributed by atoms with Crippen molar-refractivity contribution >= 4 is 38.7 Å². The van der Waals surface area contributed by atoms with Crippen LogP contribution in [-0.4, -0.2) is 31.5 Å². The molecule has 1 fully saturated rings. The van der Waals surface area contributed by atoms with E-state index in [2.05, 4.69) is 4.40 Å². The van der Waals surface area contributed by atoms with Crippen LogP contribution >= 0.6 is 11.8 Å². The van der Waals surface area contributed by atoms with Gasteiger partial charge in [0, 0.05) is 0 Å². The Balaban J connectivity index is 1.87. The molecule has 1 aliphatic rings. The molecule has 1 N–H and O–H groups in total. The molecule has 0 radical (unpaired) electrons. The summed E-state index contributed by atoms with van der Waals surface area (Å²) in [5, 5.41) is 9.85. The van der Waals surface area contributed by atoms with Crippen LogP contribution in [0.3, 0.4) is 0 Å². The number of benzene rings is 2. The van der Waals surface area contributed by atoms with Crippen molar-refractivity contribution < 1.29 is 23.1 Å². The first kappa shape index (κ1) is 18.2. The Kier molecular flexibility index (Phi) is 5.15. The summed E-state index contributed by atoms with van der Waals surface area (Å²) in [6, 6.07) is 12.5. The predicted molar refractivity (Wildman–Crippen MR) is 101 cm³/mol. The Morgan fingerprint density at radius 3 is 2.62 bits per heavy atom. The number of phenols is 1. The molecule has 0 unspecified atom stereocenters. The normalized spacial score (nSPS) is 17.8. The summed E-state index contributed by atoms with van der Waals surface area (Å²) >= 11 is 1.03. The van der Waals surface area contributed by atoms with E-state index in [0.29, 0.717) is 10.5 Å². The molecule has 0 amide bonds. The highest BCUT2D eigenvalue weighted by molar-refractivity contribution is 8.19. The van der Waals surface area contributed by atoms with Crippen LogP contribution in [0, 0.1) is 0 Å². The van der Waals surface area contributed by atoms with Crippen LogP contribution in [0.15, 0.2) is 62.7 Å². The van der Waals surface area contributed by atoms with E-state index in [1.165, 1.54) is 25.3 Å². The topological polar surface area (TPSA) is 93.0 Å². The molecule has 0 spiro atoms. The number of carbonyl (C=O) groups is 1. The van der Waals surface area contributed by atoms with Crippen LogP contribution in [0.25, 0.3) is 6.08 Å². The summed E-state index contributed by atoms with van der Waals surface area (Å²) in [6.45, 7) is 0. The number of hydrogen-bond donors (Lipinski definition) is 1. The van der Waals surface area contributed by atoms with Crippen molar-refractivity contribution in [2.24, 2.45) is 4.40 Å². The molecule has 3 rings (SSSR count). The number of phenolic OH excluding ortho intramolecular Hbond substituents is 1. The van der Waals surface area contributed by atoms with Gasteiger partial charge in [0.2, 0.25) is 0 Å². The number of sulfonamides is 1. The average Bonchev–Trinajstić information content (AvgIpc) is 2.95. The lowest BCUT2D eigenvalue weighted by molar-refractivity contribution is -0.113. The maximum Gasteiger partial charge on any atom is 0.283 e. The molecule has 134 valence electrons. The third-order valence-electron chi connectivity index (χ3n) is 3.58. The van der Waals surface area contributed by atoms with Gasteiger partial charge in [-0.1, -0.05) is 36.0 Å². The third-order valence-corrected chi connectivity index (χ3v) is 6.06. The van der Waals surface area contributed by atoms with Gasteiger partial charge in [-0.2, -0.15) is 12.8 Å². The fourth-order valence-electron chi connectivity index (χ4n) is 2.32. The van der Waals surface area contributed by atoms with Crippen molar-refractivity contribution in [3.8, 4) is 11.5 Å². The number of ketones is 1. The Bertz CT molecular complexity index is 1010. The van der Waals surface area contributed by atoms with Crippen LogP contribution in [0.5, 0.6) is 11.5 Å². The first-order chi connectivity index (χ1) is 12.4.